The van der Waals surface area contributed by atoms with Crippen LogP contribution in [0.4, 0.5) is 0 Å². The van der Waals surface area contributed by atoms with Crippen molar-refractivity contribution in [2.75, 3.05) is 0 Å². The number of benzene rings is 1. The topological polar surface area (TPSA) is 50.1 Å². The van der Waals surface area contributed by atoms with Gasteiger partial charge < -0.3 is 4.74 Å². The van der Waals surface area contributed by atoms with Crippen LogP contribution in [-0.4, -0.2) is 5.97 Å². The molecule has 0 bridgehead atoms. The van der Waals surface area contributed by atoms with Crippen molar-refractivity contribution >= 4 is 5.97 Å². The van der Waals surface area contributed by atoms with E-state index in [1.165, 1.54) is 37.7 Å². The molecule has 0 aliphatic heterocycles. The minimum Gasteiger partial charge on any atom is -0.426 e. The molecule has 0 aromatic heterocycles. The first-order chi connectivity index (χ1) is 12.7. The number of esters is 1. The van der Waals surface area contributed by atoms with Crippen molar-refractivity contribution in [2.24, 2.45) is 11.8 Å². The normalized spacial score (nSPS) is 20.0. The Morgan fingerprint density at radius 3 is 2.46 bits per heavy atom. The smallest absolute Gasteiger partial charge is 0.314 e. The number of nitrogens with zero attached hydrogens (tertiary/aromatic N) is 1. The van der Waals surface area contributed by atoms with Gasteiger partial charge in [-0.3, -0.25) is 4.79 Å². The van der Waals surface area contributed by atoms with E-state index in [9.17, 15) is 4.79 Å². The highest BCUT2D eigenvalue weighted by atomic mass is 16.5. The summed E-state index contributed by atoms with van der Waals surface area (Å²) in [4.78, 5) is 12.4. The van der Waals surface area contributed by atoms with Crippen LogP contribution in [0.25, 0.3) is 0 Å². The van der Waals surface area contributed by atoms with Crippen molar-refractivity contribution in [3.8, 4) is 11.8 Å². The maximum Gasteiger partial charge on any atom is 0.314 e. The molecule has 1 aliphatic carbocycles. The molecule has 0 spiro atoms. The molecule has 0 amide bonds. The third kappa shape index (κ3) is 7.04. The van der Waals surface area contributed by atoms with Crippen molar-refractivity contribution in [1.29, 1.82) is 5.26 Å². The molecule has 0 atom stereocenters. The van der Waals surface area contributed by atoms with Gasteiger partial charge in [-0.25, -0.2) is 0 Å². The van der Waals surface area contributed by atoms with E-state index >= 15 is 0 Å². The minimum absolute atomic E-state index is 0.0139. The van der Waals surface area contributed by atoms with E-state index in [2.05, 4.69) is 19.1 Å². The van der Waals surface area contributed by atoms with Gasteiger partial charge in [0.2, 0.25) is 0 Å². The summed E-state index contributed by atoms with van der Waals surface area (Å²) in [5, 5.41) is 8.59. The Kier molecular flexibility index (Phi) is 8.96. The van der Waals surface area contributed by atoms with Gasteiger partial charge in [-0.1, -0.05) is 50.8 Å². The molecule has 26 heavy (non-hydrogen) atoms. The van der Waals surface area contributed by atoms with Gasteiger partial charge in [0.25, 0.3) is 0 Å². The predicted octanol–water partition coefficient (Wildman–Crippen LogP) is 5.99. The molecule has 1 aromatic carbocycles. The fraction of sp³-hybridized carbons (Fsp3) is 0.565. The van der Waals surface area contributed by atoms with Crippen LogP contribution in [0.2, 0.25) is 0 Å². The van der Waals surface area contributed by atoms with E-state index in [0.717, 1.165) is 32.1 Å². The predicted molar refractivity (Wildman–Crippen MR) is 105 cm³/mol. The molecular weight excluding hydrogens is 322 g/mol. The Balaban J connectivity index is 1.72. The van der Waals surface area contributed by atoms with Crippen molar-refractivity contribution in [1.82, 2.24) is 0 Å². The highest BCUT2D eigenvalue weighted by Gasteiger charge is 2.26. The lowest BCUT2D eigenvalue weighted by atomic mass is 9.82. The first-order valence-electron chi connectivity index (χ1n) is 10.1. The van der Waals surface area contributed by atoms with E-state index in [1.54, 1.807) is 6.08 Å². The number of unbranched alkanes of at least 4 members (excludes halogenated alkanes) is 4. The summed E-state index contributed by atoms with van der Waals surface area (Å²) >= 11 is 0. The summed E-state index contributed by atoms with van der Waals surface area (Å²) in [5.41, 5.74) is 1.31. The van der Waals surface area contributed by atoms with Crippen LogP contribution < -0.4 is 4.74 Å². The van der Waals surface area contributed by atoms with Crippen LogP contribution in [0.5, 0.6) is 5.75 Å². The Morgan fingerprint density at radius 1 is 1.12 bits per heavy atom. The number of nitriles is 1. The van der Waals surface area contributed by atoms with Gasteiger partial charge in [-0.05, 0) is 62.1 Å². The van der Waals surface area contributed by atoms with E-state index < -0.39 is 0 Å². The number of carbonyl (C=O) groups excluding carboxylic acids is 1. The average Bonchev–Trinajstić information content (AvgIpc) is 2.68. The monoisotopic (exact) mass is 353 g/mol. The van der Waals surface area contributed by atoms with E-state index in [1.807, 2.05) is 24.3 Å². The molecule has 1 fully saturated rings. The minimum atomic E-state index is -0.111. The molecule has 0 unspecified atom stereocenters. The maximum atomic E-state index is 12.4. The Bertz CT molecular complexity index is 604. The summed E-state index contributed by atoms with van der Waals surface area (Å²) in [6.45, 7) is 2.23. The second-order valence-corrected chi connectivity index (χ2v) is 7.33. The Morgan fingerprint density at radius 2 is 1.81 bits per heavy atom. The number of carbonyl (C=O) groups is 1. The van der Waals surface area contributed by atoms with Crippen LogP contribution >= 0.6 is 0 Å². The molecule has 0 saturated heterocycles. The average molecular weight is 354 g/mol. The van der Waals surface area contributed by atoms with Crippen LogP contribution in [-0.2, 0) is 11.2 Å². The first-order valence-corrected chi connectivity index (χ1v) is 10.1. The van der Waals surface area contributed by atoms with Crippen LogP contribution in [0.15, 0.2) is 36.4 Å². The van der Waals surface area contributed by atoms with E-state index in [4.69, 9.17) is 10.00 Å². The lowest BCUT2D eigenvalue weighted by Crippen LogP contribution is -2.25. The molecule has 2 rings (SSSR count). The Labute approximate surface area is 158 Å². The van der Waals surface area contributed by atoms with Crippen molar-refractivity contribution < 1.29 is 9.53 Å². The van der Waals surface area contributed by atoms with Crippen LogP contribution in [0, 0.1) is 23.2 Å². The largest absolute Gasteiger partial charge is 0.426 e. The maximum absolute atomic E-state index is 12.4. The molecule has 0 radical (unpaired) electrons. The van der Waals surface area contributed by atoms with Gasteiger partial charge in [-0.2, -0.15) is 5.26 Å². The van der Waals surface area contributed by atoms with Gasteiger partial charge in [0.15, 0.2) is 0 Å². The van der Waals surface area contributed by atoms with E-state index in [-0.39, 0.29) is 11.9 Å². The van der Waals surface area contributed by atoms with Crippen molar-refractivity contribution in [3.05, 3.63) is 42.0 Å². The van der Waals surface area contributed by atoms with Gasteiger partial charge in [0, 0.05) is 6.08 Å². The zero-order chi connectivity index (χ0) is 18.6. The van der Waals surface area contributed by atoms with Gasteiger partial charge in [-0.15, -0.1) is 0 Å². The fourth-order valence-corrected chi connectivity index (χ4v) is 3.58. The molecule has 3 nitrogen and oxygen atoms in total. The number of rotatable bonds is 9. The number of ether oxygens (including phenoxy) is 1. The lowest BCUT2D eigenvalue weighted by molar-refractivity contribution is -0.140. The molecule has 140 valence electrons. The summed E-state index contributed by atoms with van der Waals surface area (Å²) in [6.07, 6.45) is 14.6. The van der Waals surface area contributed by atoms with Crippen molar-refractivity contribution in [2.45, 2.75) is 71.1 Å². The quantitative estimate of drug-likeness (QED) is 0.237. The summed E-state index contributed by atoms with van der Waals surface area (Å²) in [7, 11) is 0. The molecule has 1 saturated carbocycles. The number of hydrogen-bond acceptors (Lipinski definition) is 3. The number of allylic oxidation sites excluding steroid dienone is 2. The molecule has 1 aromatic rings. The van der Waals surface area contributed by atoms with Gasteiger partial charge in [0.1, 0.15) is 5.75 Å². The zero-order valence-electron chi connectivity index (χ0n) is 16.0. The first kappa shape index (κ1) is 20.2. The highest BCUT2D eigenvalue weighted by molar-refractivity contribution is 5.75. The summed E-state index contributed by atoms with van der Waals surface area (Å²) < 4.78 is 5.57. The van der Waals surface area contributed by atoms with Crippen molar-refractivity contribution in [3.63, 3.8) is 0 Å². The second-order valence-electron chi connectivity index (χ2n) is 7.33. The summed E-state index contributed by atoms with van der Waals surface area (Å²) in [6, 6.07) is 10.0. The third-order valence-electron chi connectivity index (χ3n) is 5.26. The zero-order valence-corrected chi connectivity index (χ0v) is 16.0. The van der Waals surface area contributed by atoms with Gasteiger partial charge in [0.05, 0.1) is 12.0 Å². The standard InChI is InChI=1S/C23H31NO2/c1-2-3-4-5-6-8-19-12-16-22(17-13-19)26-23(25)21-14-10-20(11-15-21)9-7-18-24/h7,9,12-13,16-17,20-21H,2-6,8,10-11,14-15H2,1H3/b9-7+. The third-order valence-corrected chi connectivity index (χ3v) is 5.26. The molecule has 0 heterocycles. The highest BCUT2D eigenvalue weighted by Crippen LogP contribution is 2.30. The van der Waals surface area contributed by atoms with Crippen LogP contribution in [0.1, 0.15) is 70.3 Å². The van der Waals surface area contributed by atoms with Gasteiger partial charge >= 0.3 is 5.97 Å². The Hall–Kier alpha value is -2.08. The number of hydrogen-bond donors (Lipinski definition) is 0. The summed E-state index contributed by atoms with van der Waals surface area (Å²) in [5.74, 6) is 0.951. The molecule has 0 N–H and O–H groups in total. The molecule has 1 aliphatic rings. The SMILES string of the molecule is CCCCCCCc1ccc(OC(=O)C2CCC(/C=C/C#N)CC2)cc1. The van der Waals surface area contributed by atoms with E-state index in [0.29, 0.717) is 11.7 Å². The molecular formula is C23H31NO2. The lowest BCUT2D eigenvalue weighted by Gasteiger charge is -2.25. The fourth-order valence-electron chi connectivity index (χ4n) is 3.58. The second kappa shape index (κ2) is 11.5. The van der Waals surface area contributed by atoms with Crippen LogP contribution in [0.3, 0.4) is 0 Å². The number of aryl methyl sites for hydroxylation is 1. The molecule has 3 heteroatoms.